The van der Waals surface area contributed by atoms with Gasteiger partial charge in [0.1, 0.15) is 5.75 Å². The second kappa shape index (κ2) is 11.6. The molecule has 0 aromatic heterocycles. The maximum atomic E-state index is 12.2. The van der Waals surface area contributed by atoms with Gasteiger partial charge in [0.15, 0.2) is 5.96 Å². The van der Waals surface area contributed by atoms with E-state index in [-0.39, 0.29) is 35.3 Å². The zero-order valence-electron chi connectivity index (χ0n) is 15.9. The molecule has 1 aromatic rings. The molecule has 154 valence electrons. The first-order valence-electron chi connectivity index (χ1n) is 8.56. The minimum Gasteiger partial charge on any atom is -0.435 e. The van der Waals surface area contributed by atoms with Crippen LogP contribution in [0.2, 0.25) is 0 Å². The van der Waals surface area contributed by atoms with Crippen molar-refractivity contribution in [3.63, 3.8) is 0 Å². The number of rotatable bonds is 7. The smallest absolute Gasteiger partial charge is 0.387 e. The Kier molecular flexibility index (Phi) is 10.2. The van der Waals surface area contributed by atoms with Crippen LogP contribution in [-0.2, 0) is 16.0 Å². The highest BCUT2D eigenvalue weighted by atomic mass is 127. The van der Waals surface area contributed by atoms with Crippen molar-refractivity contribution in [3.05, 3.63) is 29.8 Å². The third-order valence-electron chi connectivity index (χ3n) is 4.55. The summed E-state index contributed by atoms with van der Waals surface area (Å²) in [5, 5.41) is 3.36. The number of benzene rings is 1. The monoisotopic (exact) mass is 499 g/mol. The van der Waals surface area contributed by atoms with E-state index in [2.05, 4.69) is 15.0 Å². The number of aliphatic imine (C=N–C) groups is 1. The molecule has 6 nitrogen and oxygen atoms in total. The molecule has 1 heterocycles. The maximum Gasteiger partial charge on any atom is 0.387 e. The number of guanidine groups is 1. The highest BCUT2D eigenvalue weighted by Gasteiger charge is 2.32. The van der Waals surface area contributed by atoms with Gasteiger partial charge >= 0.3 is 6.61 Å². The summed E-state index contributed by atoms with van der Waals surface area (Å²) in [6, 6.07) is 6.59. The van der Waals surface area contributed by atoms with Gasteiger partial charge in [0, 0.05) is 60.4 Å². The molecule has 9 heteroatoms. The van der Waals surface area contributed by atoms with Gasteiger partial charge in [0.05, 0.1) is 5.60 Å². The quantitative estimate of drug-likeness (QED) is 0.355. The van der Waals surface area contributed by atoms with Gasteiger partial charge in [-0.1, -0.05) is 12.1 Å². The summed E-state index contributed by atoms with van der Waals surface area (Å²) in [5.41, 5.74) is 0.716. The lowest BCUT2D eigenvalue weighted by Gasteiger charge is -2.37. The predicted molar refractivity (Wildman–Crippen MR) is 111 cm³/mol. The van der Waals surface area contributed by atoms with Crippen molar-refractivity contribution in [1.82, 2.24) is 10.2 Å². The fraction of sp³-hybridized carbons (Fsp3) is 0.611. The Morgan fingerprint density at radius 2 is 1.93 bits per heavy atom. The lowest BCUT2D eigenvalue weighted by molar-refractivity contribution is -0.0857. The van der Waals surface area contributed by atoms with E-state index in [4.69, 9.17) is 9.47 Å². The molecule has 1 aliphatic rings. The van der Waals surface area contributed by atoms with Crippen LogP contribution in [-0.4, -0.2) is 64.0 Å². The van der Waals surface area contributed by atoms with E-state index < -0.39 is 6.61 Å². The second-order valence-electron chi connectivity index (χ2n) is 6.28. The van der Waals surface area contributed by atoms with E-state index in [1.54, 1.807) is 26.3 Å². The molecule has 1 N–H and O–H groups in total. The molecule has 0 atom stereocenters. The molecule has 0 unspecified atom stereocenters. The molecular formula is C18H28F2IN3O3. The van der Waals surface area contributed by atoms with Gasteiger partial charge in [-0.05, 0) is 17.7 Å². The standard InChI is InChI=1S/C18H27F2N3O3.HI/c1-21-17(22-13-18(24-3)8-10-25-11-9-18)23(2)12-14-4-6-15(7-5-14)26-16(19)20;/h4-7,16H,8-13H2,1-3H3,(H,21,22);1H. The summed E-state index contributed by atoms with van der Waals surface area (Å²) in [5.74, 6) is 0.885. The summed E-state index contributed by atoms with van der Waals surface area (Å²) in [7, 11) is 5.37. The molecule has 1 aliphatic heterocycles. The third kappa shape index (κ3) is 7.38. The van der Waals surface area contributed by atoms with Crippen LogP contribution >= 0.6 is 24.0 Å². The maximum absolute atomic E-state index is 12.2. The normalized spacial score (nSPS) is 16.6. The lowest BCUT2D eigenvalue weighted by atomic mass is 9.94. The fourth-order valence-corrected chi connectivity index (χ4v) is 2.95. The van der Waals surface area contributed by atoms with Crippen LogP contribution in [0, 0.1) is 0 Å². The van der Waals surface area contributed by atoms with Crippen molar-refractivity contribution in [3.8, 4) is 5.75 Å². The first-order chi connectivity index (χ1) is 12.5. The number of methoxy groups -OCH3 is 1. The minimum absolute atomic E-state index is 0. The van der Waals surface area contributed by atoms with Gasteiger partial charge in [-0.15, -0.1) is 24.0 Å². The third-order valence-corrected chi connectivity index (χ3v) is 4.55. The Morgan fingerprint density at radius 1 is 1.30 bits per heavy atom. The van der Waals surface area contributed by atoms with Crippen LogP contribution < -0.4 is 10.1 Å². The Labute approximate surface area is 176 Å². The summed E-state index contributed by atoms with van der Waals surface area (Å²) in [6.45, 7) is -0.207. The van der Waals surface area contributed by atoms with Crippen molar-refractivity contribution in [2.75, 3.05) is 41.0 Å². The van der Waals surface area contributed by atoms with Gasteiger partial charge in [0.2, 0.25) is 0 Å². The van der Waals surface area contributed by atoms with Crippen LogP contribution in [0.1, 0.15) is 18.4 Å². The van der Waals surface area contributed by atoms with Crippen molar-refractivity contribution < 1.29 is 23.0 Å². The average Bonchev–Trinajstić information content (AvgIpc) is 2.64. The van der Waals surface area contributed by atoms with E-state index in [1.807, 2.05) is 11.9 Å². The van der Waals surface area contributed by atoms with E-state index in [0.29, 0.717) is 26.3 Å². The Bertz CT molecular complexity index is 582. The number of hydrogen-bond donors (Lipinski definition) is 1. The summed E-state index contributed by atoms with van der Waals surface area (Å²) >= 11 is 0. The van der Waals surface area contributed by atoms with Crippen LogP contribution in [0.4, 0.5) is 8.78 Å². The molecule has 0 radical (unpaired) electrons. The number of ether oxygens (including phenoxy) is 3. The average molecular weight is 499 g/mol. The van der Waals surface area contributed by atoms with E-state index in [9.17, 15) is 8.78 Å². The number of alkyl halides is 2. The van der Waals surface area contributed by atoms with Gasteiger partial charge < -0.3 is 24.4 Å². The molecular weight excluding hydrogens is 471 g/mol. The molecule has 0 spiro atoms. The van der Waals surface area contributed by atoms with E-state index in [0.717, 1.165) is 24.4 Å². The van der Waals surface area contributed by atoms with Gasteiger partial charge in [-0.3, -0.25) is 4.99 Å². The molecule has 0 bridgehead atoms. The van der Waals surface area contributed by atoms with E-state index in [1.165, 1.54) is 12.1 Å². The van der Waals surface area contributed by atoms with Gasteiger partial charge in [-0.25, -0.2) is 0 Å². The molecule has 1 fully saturated rings. The van der Waals surface area contributed by atoms with Crippen LogP contribution in [0.3, 0.4) is 0 Å². The molecule has 1 saturated heterocycles. The first kappa shape index (κ1) is 23.8. The second-order valence-corrected chi connectivity index (χ2v) is 6.28. The zero-order valence-corrected chi connectivity index (χ0v) is 18.2. The number of nitrogens with one attached hydrogen (secondary N) is 1. The number of nitrogens with zero attached hydrogens (tertiary/aromatic N) is 2. The van der Waals surface area contributed by atoms with Gasteiger partial charge in [0.25, 0.3) is 0 Å². The number of hydrogen-bond acceptors (Lipinski definition) is 4. The van der Waals surface area contributed by atoms with Crippen molar-refractivity contribution in [1.29, 1.82) is 0 Å². The predicted octanol–water partition coefficient (Wildman–Crippen LogP) is 3.11. The Balaban J connectivity index is 0.00000364. The molecule has 0 saturated carbocycles. The number of halogens is 3. The van der Waals surface area contributed by atoms with E-state index >= 15 is 0 Å². The summed E-state index contributed by atoms with van der Waals surface area (Å²) in [4.78, 5) is 6.28. The highest BCUT2D eigenvalue weighted by molar-refractivity contribution is 14.0. The topological polar surface area (TPSA) is 55.3 Å². The summed E-state index contributed by atoms with van der Waals surface area (Å²) in [6.07, 6.45) is 1.67. The molecule has 0 amide bonds. The Hall–Kier alpha value is -1.20. The zero-order chi connectivity index (χ0) is 19.0. The molecule has 0 aliphatic carbocycles. The highest BCUT2D eigenvalue weighted by Crippen LogP contribution is 2.23. The van der Waals surface area contributed by atoms with Crippen LogP contribution in [0.15, 0.2) is 29.3 Å². The fourth-order valence-electron chi connectivity index (χ4n) is 2.95. The van der Waals surface area contributed by atoms with Crippen LogP contribution in [0.25, 0.3) is 0 Å². The Morgan fingerprint density at radius 3 is 2.44 bits per heavy atom. The largest absolute Gasteiger partial charge is 0.435 e. The van der Waals surface area contributed by atoms with Crippen LogP contribution in [0.5, 0.6) is 5.75 Å². The SMILES string of the molecule is CN=C(NCC1(OC)CCOCC1)N(C)Cc1ccc(OC(F)F)cc1.I. The molecule has 2 rings (SSSR count). The van der Waals surface area contributed by atoms with Gasteiger partial charge in [-0.2, -0.15) is 8.78 Å². The van der Waals surface area contributed by atoms with Crippen molar-refractivity contribution in [2.45, 2.75) is 31.6 Å². The minimum atomic E-state index is -2.81. The first-order valence-corrected chi connectivity index (χ1v) is 8.56. The van der Waals surface area contributed by atoms with Crippen molar-refractivity contribution in [2.24, 2.45) is 4.99 Å². The lowest BCUT2D eigenvalue weighted by Crippen LogP contribution is -2.50. The van der Waals surface area contributed by atoms with Crippen molar-refractivity contribution >= 4 is 29.9 Å². The summed E-state index contributed by atoms with van der Waals surface area (Å²) < 4.78 is 39.9. The molecule has 1 aromatic carbocycles. The molecule has 27 heavy (non-hydrogen) atoms.